The second-order valence-corrected chi connectivity index (χ2v) is 8.76. The Balaban J connectivity index is 1.13. The second kappa shape index (κ2) is 10.7. The number of furan rings is 1. The smallest absolute Gasteiger partial charge is 0.251 e. The minimum absolute atomic E-state index is 0.0132. The third kappa shape index (κ3) is 5.52. The molecular weight excluding hydrogens is 442 g/mol. The number of fused-ring (bicyclic) bond motifs is 1. The topological polar surface area (TPSA) is 84.9 Å². The number of nitrogens with one attached hydrogen (secondary N) is 1. The molecule has 0 saturated carbocycles. The molecule has 180 valence electrons. The largest absolute Gasteiger partial charge is 0.495 e. The number of hydrogen-bond acceptors (Lipinski definition) is 7. The van der Waals surface area contributed by atoms with Crippen LogP contribution in [0.25, 0.3) is 16.6 Å². The van der Waals surface area contributed by atoms with Crippen LogP contribution in [-0.2, 0) is 6.54 Å². The Morgan fingerprint density at radius 1 is 1.23 bits per heavy atom. The van der Waals surface area contributed by atoms with Gasteiger partial charge in [-0.25, -0.2) is 0 Å². The summed E-state index contributed by atoms with van der Waals surface area (Å²) in [4.78, 5) is 23.8. The fraction of sp³-hybridized carbons (Fsp3) is 0.333. The maximum Gasteiger partial charge on any atom is 0.251 e. The molecule has 1 saturated heterocycles. The zero-order chi connectivity index (χ0) is 24.0. The molecule has 5 heterocycles. The number of piperidine rings is 1. The molecule has 0 bridgehead atoms. The van der Waals surface area contributed by atoms with Gasteiger partial charge in [0, 0.05) is 50.2 Å². The lowest BCUT2D eigenvalue weighted by Crippen LogP contribution is -2.44. The number of ether oxygens (including phenoxy) is 1. The van der Waals surface area contributed by atoms with Gasteiger partial charge in [0.05, 0.1) is 36.2 Å². The predicted molar refractivity (Wildman–Crippen MR) is 137 cm³/mol. The van der Waals surface area contributed by atoms with Crippen molar-refractivity contribution < 1.29 is 9.15 Å². The van der Waals surface area contributed by atoms with Gasteiger partial charge in [0.2, 0.25) is 0 Å². The zero-order valence-corrected chi connectivity index (χ0v) is 19.8. The Labute approximate surface area is 203 Å². The number of hydrogen-bond donors (Lipinski definition) is 1. The molecule has 8 heteroatoms. The molecule has 0 unspecified atom stereocenters. The molecule has 0 atom stereocenters. The molecule has 5 rings (SSSR count). The summed E-state index contributed by atoms with van der Waals surface area (Å²) in [6, 6.07) is 9.46. The first-order chi connectivity index (χ1) is 17.2. The van der Waals surface area contributed by atoms with Gasteiger partial charge in [0.1, 0.15) is 11.5 Å². The number of likely N-dealkylation sites (tertiary alicyclic amines) is 1. The van der Waals surface area contributed by atoms with Crippen LogP contribution in [0.15, 0.2) is 80.6 Å². The van der Waals surface area contributed by atoms with Gasteiger partial charge in [-0.2, -0.15) is 0 Å². The standard InChI is InChI=1S/C27H29N5O3/c1-34-23-15-25-24(30-19-23)6-7-27(33)32(25)13-12-31-10-8-22(9-11-31)29-17-20-4-5-21(18-28-16-20)26-3-2-14-35-26/h2-4,6-7,14-16,18-19,22,29H,8-13,17H2,1H3. The summed E-state index contributed by atoms with van der Waals surface area (Å²) < 4.78 is 12.5. The van der Waals surface area contributed by atoms with E-state index in [1.807, 2.05) is 30.5 Å². The lowest BCUT2D eigenvalue weighted by molar-refractivity contribution is 0.193. The van der Waals surface area contributed by atoms with Gasteiger partial charge in [0.25, 0.3) is 5.56 Å². The highest BCUT2D eigenvalue weighted by Crippen LogP contribution is 2.18. The minimum Gasteiger partial charge on any atom is -0.495 e. The highest BCUT2D eigenvalue weighted by Gasteiger charge is 2.19. The third-order valence-corrected chi connectivity index (χ3v) is 6.51. The van der Waals surface area contributed by atoms with Gasteiger partial charge >= 0.3 is 0 Å². The van der Waals surface area contributed by atoms with Crippen molar-refractivity contribution in [3.8, 4) is 5.75 Å². The summed E-state index contributed by atoms with van der Waals surface area (Å²) in [5.41, 5.74) is 6.80. The van der Waals surface area contributed by atoms with Crippen LogP contribution in [0.3, 0.4) is 0 Å². The van der Waals surface area contributed by atoms with Crippen LogP contribution < -0.4 is 15.6 Å². The molecule has 35 heavy (non-hydrogen) atoms. The van der Waals surface area contributed by atoms with Crippen molar-refractivity contribution in [2.75, 3.05) is 33.3 Å². The fourth-order valence-corrected chi connectivity index (χ4v) is 4.47. The van der Waals surface area contributed by atoms with E-state index in [2.05, 4.69) is 25.9 Å². The molecule has 0 amide bonds. The fourth-order valence-electron chi connectivity index (χ4n) is 4.47. The van der Waals surface area contributed by atoms with Crippen molar-refractivity contribution >= 4 is 22.8 Å². The minimum atomic E-state index is -0.0132. The second-order valence-electron chi connectivity index (χ2n) is 8.76. The van der Waals surface area contributed by atoms with E-state index >= 15 is 0 Å². The Kier molecular flexibility index (Phi) is 7.04. The lowest BCUT2D eigenvalue weighted by Gasteiger charge is -2.32. The molecular formula is C27H29N5O3. The Hall–Kier alpha value is -3.71. The molecule has 0 spiro atoms. The average Bonchev–Trinajstić information content (AvgIpc) is 3.33. The van der Waals surface area contributed by atoms with Gasteiger partial charge in [-0.1, -0.05) is 0 Å². The summed E-state index contributed by atoms with van der Waals surface area (Å²) in [6.07, 6.45) is 11.1. The SMILES string of the molecule is COc1cnc2ccc(=O)n(CCN3CCC(NCC4=CN=CC(c5ccco5)=C=C4)CC3)c2c1. The maximum atomic E-state index is 12.5. The van der Waals surface area contributed by atoms with Crippen LogP contribution >= 0.6 is 0 Å². The van der Waals surface area contributed by atoms with Crippen molar-refractivity contribution in [3.05, 3.63) is 82.5 Å². The van der Waals surface area contributed by atoms with E-state index in [-0.39, 0.29) is 5.56 Å². The molecule has 0 aliphatic carbocycles. The number of methoxy groups -OCH3 is 1. The predicted octanol–water partition coefficient (Wildman–Crippen LogP) is 3.26. The number of pyridine rings is 2. The molecule has 1 N–H and O–H groups in total. The van der Waals surface area contributed by atoms with Crippen molar-refractivity contribution in [2.45, 2.75) is 25.4 Å². The first-order valence-corrected chi connectivity index (χ1v) is 11.9. The van der Waals surface area contributed by atoms with Crippen molar-refractivity contribution in [2.24, 2.45) is 4.99 Å². The summed E-state index contributed by atoms with van der Waals surface area (Å²) in [6.45, 7) is 4.19. The maximum absolute atomic E-state index is 12.5. The number of aromatic nitrogens is 2. The Morgan fingerprint density at radius 2 is 2.11 bits per heavy atom. The van der Waals surface area contributed by atoms with Crippen LogP contribution in [0, 0.1) is 0 Å². The summed E-state index contributed by atoms with van der Waals surface area (Å²) in [7, 11) is 1.61. The molecule has 0 aromatic carbocycles. The highest BCUT2D eigenvalue weighted by molar-refractivity contribution is 6.08. The van der Waals surface area contributed by atoms with Crippen molar-refractivity contribution in [1.82, 2.24) is 19.8 Å². The summed E-state index contributed by atoms with van der Waals surface area (Å²) in [5, 5.41) is 3.66. The number of aliphatic imine (C=N–C) groups is 1. The van der Waals surface area contributed by atoms with Crippen molar-refractivity contribution in [3.63, 3.8) is 0 Å². The molecule has 0 radical (unpaired) electrons. The summed E-state index contributed by atoms with van der Waals surface area (Å²) in [5.74, 6) is 1.42. The number of nitrogens with zero attached hydrogens (tertiary/aromatic N) is 4. The quantitative estimate of drug-likeness (QED) is 0.508. The van der Waals surface area contributed by atoms with E-state index < -0.39 is 0 Å². The summed E-state index contributed by atoms with van der Waals surface area (Å²) >= 11 is 0. The number of rotatable bonds is 8. The first-order valence-electron chi connectivity index (χ1n) is 11.9. The van der Waals surface area contributed by atoms with Crippen molar-refractivity contribution in [1.29, 1.82) is 0 Å². The van der Waals surface area contributed by atoms with E-state index in [1.54, 1.807) is 42.5 Å². The molecule has 2 aliphatic rings. The van der Waals surface area contributed by atoms with Crippen LogP contribution in [-0.4, -0.2) is 60.0 Å². The van der Waals surface area contributed by atoms with Crippen LogP contribution in [0.1, 0.15) is 18.6 Å². The lowest BCUT2D eigenvalue weighted by atomic mass is 10.0. The van der Waals surface area contributed by atoms with Crippen LogP contribution in [0.2, 0.25) is 0 Å². The Morgan fingerprint density at radius 3 is 2.91 bits per heavy atom. The van der Waals surface area contributed by atoms with E-state index in [1.165, 1.54) is 0 Å². The van der Waals surface area contributed by atoms with Gasteiger partial charge in [-0.3, -0.25) is 14.8 Å². The van der Waals surface area contributed by atoms with Crippen LogP contribution in [0.5, 0.6) is 5.75 Å². The van der Waals surface area contributed by atoms with E-state index in [9.17, 15) is 4.79 Å². The van der Waals surface area contributed by atoms with Crippen LogP contribution in [0.4, 0.5) is 0 Å². The molecule has 3 aromatic heterocycles. The normalized spacial score (nSPS) is 16.8. The molecule has 1 fully saturated rings. The third-order valence-electron chi connectivity index (χ3n) is 6.51. The van der Waals surface area contributed by atoms with Gasteiger partial charge in [-0.05, 0) is 55.8 Å². The van der Waals surface area contributed by atoms with E-state index in [0.29, 0.717) is 18.3 Å². The molecule has 2 aliphatic heterocycles. The van der Waals surface area contributed by atoms with E-state index in [4.69, 9.17) is 9.15 Å². The van der Waals surface area contributed by atoms with Gasteiger partial charge in [-0.15, -0.1) is 5.73 Å². The first kappa shape index (κ1) is 23.1. The van der Waals surface area contributed by atoms with Gasteiger partial charge < -0.3 is 23.9 Å². The zero-order valence-electron chi connectivity index (χ0n) is 19.8. The molecule has 8 nitrogen and oxygen atoms in total. The van der Waals surface area contributed by atoms with Gasteiger partial charge in [0.15, 0.2) is 0 Å². The average molecular weight is 472 g/mol. The molecule has 3 aromatic rings. The Bertz CT molecular complexity index is 1360. The highest BCUT2D eigenvalue weighted by atomic mass is 16.5. The van der Waals surface area contributed by atoms with E-state index in [0.717, 1.165) is 67.0 Å². The monoisotopic (exact) mass is 471 g/mol.